The molecule has 1 N–H and O–H groups in total. The summed E-state index contributed by atoms with van der Waals surface area (Å²) in [7, 11) is 0. The minimum atomic E-state index is -0.542. The zero-order valence-corrected chi connectivity index (χ0v) is 15.4. The van der Waals surface area contributed by atoms with Crippen LogP contribution in [0.4, 0.5) is 4.39 Å². The molecular weight excluding hydrogens is 380 g/mol. The van der Waals surface area contributed by atoms with Crippen molar-refractivity contribution in [2.24, 2.45) is 0 Å². The highest BCUT2D eigenvalue weighted by Gasteiger charge is 2.26. The third-order valence-corrected chi connectivity index (χ3v) is 4.71. The molecule has 0 bridgehead atoms. The van der Waals surface area contributed by atoms with Gasteiger partial charge in [-0.1, -0.05) is 29.3 Å². The van der Waals surface area contributed by atoms with Crippen LogP contribution in [0, 0.1) is 5.82 Å². The predicted octanol–water partition coefficient (Wildman–Crippen LogP) is 3.22. The summed E-state index contributed by atoms with van der Waals surface area (Å²) in [5.74, 6) is -0.649. The quantitative estimate of drug-likeness (QED) is 0.786. The summed E-state index contributed by atoms with van der Waals surface area (Å²) < 4.78 is 19.5. The molecule has 2 aromatic rings. The van der Waals surface area contributed by atoms with E-state index in [9.17, 15) is 9.18 Å². The molecule has 2 heterocycles. The number of nitrogens with zero attached hydrogens (tertiary/aromatic N) is 2. The lowest BCUT2D eigenvalue weighted by atomic mass is 10.1. The van der Waals surface area contributed by atoms with Crippen LogP contribution in [0.1, 0.15) is 17.4 Å². The molecule has 0 saturated carbocycles. The molecular formula is C18H18Cl2FN3O2. The smallest absolute Gasteiger partial charge is 0.234 e. The van der Waals surface area contributed by atoms with Crippen LogP contribution in [-0.4, -0.2) is 42.0 Å². The first kappa shape index (κ1) is 19.0. The van der Waals surface area contributed by atoms with E-state index in [0.29, 0.717) is 36.8 Å². The van der Waals surface area contributed by atoms with Crippen molar-refractivity contribution in [3.63, 3.8) is 0 Å². The van der Waals surface area contributed by atoms with Crippen molar-refractivity contribution in [2.45, 2.75) is 12.6 Å². The number of rotatable bonds is 5. The molecule has 1 aromatic heterocycles. The summed E-state index contributed by atoms with van der Waals surface area (Å²) in [4.78, 5) is 18.3. The summed E-state index contributed by atoms with van der Waals surface area (Å²) in [6, 6.07) is 8.21. The number of morpholine rings is 1. The molecule has 1 aliphatic rings. The number of aromatic nitrogens is 1. The predicted molar refractivity (Wildman–Crippen MR) is 97.6 cm³/mol. The van der Waals surface area contributed by atoms with Crippen LogP contribution < -0.4 is 5.32 Å². The number of carbonyl (C=O) groups is 1. The molecule has 138 valence electrons. The van der Waals surface area contributed by atoms with Crippen molar-refractivity contribution in [1.82, 2.24) is 15.2 Å². The molecule has 3 rings (SSSR count). The van der Waals surface area contributed by atoms with Crippen molar-refractivity contribution in [1.29, 1.82) is 0 Å². The van der Waals surface area contributed by atoms with Crippen molar-refractivity contribution in [2.75, 3.05) is 26.2 Å². The average Bonchev–Trinajstić information content (AvgIpc) is 2.64. The topological polar surface area (TPSA) is 54.5 Å². The molecule has 0 aliphatic carbocycles. The van der Waals surface area contributed by atoms with E-state index in [1.165, 1.54) is 12.1 Å². The van der Waals surface area contributed by atoms with E-state index in [-0.39, 0.29) is 17.5 Å². The molecule has 1 amide bonds. The first-order valence-electron chi connectivity index (χ1n) is 8.18. The van der Waals surface area contributed by atoms with E-state index in [0.717, 1.165) is 5.69 Å². The van der Waals surface area contributed by atoms with Crippen molar-refractivity contribution < 1.29 is 13.9 Å². The highest BCUT2D eigenvalue weighted by molar-refractivity contribution is 6.35. The number of nitrogens with one attached hydrogen (secondary N) is 1. The minimum absolute atomic E-state index is 0.0275. The van der Waals surface area contributed by atoms with Gasteiger partial charge in [-0.15, -0.1) is 0 Å². The van der Waals surface area contributed by atoms with Gasteiger partial charge in [-0.25, -0.2) is 4.39 Å². The Balaban J connectivity index is 1.57. The molecule has 5 nitrogen and oxygen atoms in total. The van der Waals surface area contributed by atoms with Crippen LogP contribution in [0.2, 0.25) is 10.0 Å². The maximum absolute atomic E-state index is 13.8. The number of carbonyl (C=O) groups excluding carboxylic acids is 1. The Morgan fingerprint density at radius 1 is 1.35 bits per heavy atom. The highest BCUT2D eigenvalue weighted by atomic mass is 35.5. The average molecular weight is 398 g/mol. The van der Waals surface area contributed by atoms with Gasteiger partial charge in [0, 0.05) is 29.9 Å². The Bertz CT molecular complexity index is 777. The molecule has 1 saturated heterocycles. The summed E-state index contributed by atoms with van der Waals surface area (Å²) in [5, 5.41) is 3.16. The SMILES string of the molecule is O=C(CN1CCOC(c2cc(F)c(Cl)cc2Cl)C1)NCc1ccccn1. The molecule has 8 heteroatoms. The fraction of sp³-hybridized carbons (Fsp3) is 0.333. The third kappa shape index (κ3) is 4.92. The normalized spacial score (nSPS) is 17.9. The summed E-state index contributed by atoms with van der Waals surface area (Å²) in [6.45, 7) is 2.08. The molecule has 1 atom stereocenters. The second kappa shape index (κ2) is 8.77. The van der Waals surface area contributed by atoms with Gasteiger partial charge in [0.25, 0.3) is 0 Å². The van der Waals surface area contributed by atoms with Gasteiger partial charge in [0.05, 0.1) is 36.5 Å². The Kier molecular flexibility index (Phi) is 6.43. The monoisotopic (exact) mass is 397 g/mol. The van der Waals surface area contributed by atoms with Gasteiger partial charge in [-0.3, -0.25) is 14.7 Å². The van der Waals surface area contributed by atoms with Crippen molar-refractivity contribution in [3.05, 3.63) is 63.6 Å². The van der Waals surface area contributed by atoms with Crippen LogP contribution >= 0.6 is 23.2 Å². The van der Waals surface area contributed by atoms with Gasteiger partial charge in [0.2, 0.25) is 5.91 Å². The Morgan fingerprint density at radius 2 is 2.19 bits per heavy atom. The van der Waals surface area contributed by atoms with E-state index < -0.39 is 11.9 Å². The zero-order chi connectivity index (χ0) is 18.5. The first-order chi connectivity index (χ1) is 12.5. The third-order valence-electron chi connectivity index (χ3n) is 4.10. The lowest BCUT2D eigenvalue weighted by Crippen LogP contribution is -2.44. The molecule has 1 unspecified atom stereocenters. The van der Waals surface area contributed by atoms with Crippen molar-refractivity contribution in [3.8, 4) is 0 Å². The first-order valence-corrected chi connectivity index (χ1v) is 8.93. The largest absolute Gasteiger partial charge is 0.371 e. The summed E-state index contributed by atoms with van der Waals surface area (Å²) >= 11 is 11.9. The Hall–Kier alpha value is -1.73. The summed E-state index contributed by atoms with van der Waals surface area (Å²) in [6.07, 6.45) is 1.27. The van der Waals surface area contributed by atoms with Crippen LogP contribution in [0.25, 0.3) is 0 Å². The van der Waals surface area contributed by atoms with Gasteiger partial charge in [0.1, 0.15) is 5.82 Å². The molecule has 0 spiro atoms. The fourth-order valence-corrected chi connectivity index (χ4v) is 3.27. The van der Waals surface area contributed by atoms with Gasteiger partial charge >= 0.3 is 0 Å². The number of benzene rings is 1. The number of halogens is 3. The van der Waals surface area contributed by atoms with E-state index >= 15 is 0 Å². The number of hydrogen-bond acceptors (Lipinski definition) is 4. The van der Waals surface area contributed by atoms with Crippen LogP contribution in [0.3, 0.4) is 0 Å². The maximum Gasteiger partial charge on any atom is 0.234 e. The molecule has 0 radical (unpaired) electrons. The fourth-order valence-electron chi connectivity index (χ4n) is 2.77. The lowest BCUT2D eigenvalue weighted by molar-refractivity contribution is -0.124. The van der Waals surface area contributed by atoms with Crippen LogP contribution in [0.5, 0.6) is 0 Å². The number of ether oxygens (including phenoxy) is 1. The van der Waals surface area contributed by atoms with E-state index in [1.807, 2.05) is 23.1 Å². The van der Waals surface area contributed by atoms with Crippen LogP contribution in [0.15, 0.2) is 36.5 Å². The second-order valence-corrected chi connectivity index (χ2v) is 6.79. The van der Waals surface area contributed by atoms with Crippen molar-refractivity contribution >= 4 is 29.1 Å². The number of amides is 1. The molecule has 1 fully saturated rings. The van der Waals surface area contributed by atoms with Gasteiger partial charge in [0.15, 0.2) is 0 Å². The Morgan fingerprint density at radius 3 is 2.96 bits per heavy atom. The van der Waals surface area contributed by atoms with Crippen LogP contribution in [-0.2, 0) is 16.1 Å². The minimum Gasteiger partial charge on any atom is -0.371 e. The van der Waals surface area contributed by atoms with Gasteiger partial charge < -0.3 is 10.1 Å². The highest BCUT2D eigenvalue weighted by Crippen LogP contribution is 2.32. The Labute approximate surface area is 161 Å². The maximum atomic E-state index is 13.8. The standard InChI is InChI=1S/C18H18Cl2FN3O2/c19-14-8-15(20)16(21)7-13(14)17-10-24(5-6-26-17)11-18(25)23-9-12-3-1-2-4-22-12/h1-4,7-8,17H,5-6,9-11H2,(H,23,25). The van der Waals surface area contributed by atoms with E-state index in [2.05, 4.69) is 10.3 Å². The number of pyridine rings is 1. The number of hydrogen-bond donors (Lipinski definition) is 1. The van der Waals surface area contributed by atoms with E-state index in [1.54, 1.807) is 6.20 Å². The molecule has 26 heavy (non-hydrogen) atoms. The van der Waals surface area contributed by atoms with E-state index in [4.69, 9.17) is 27.9 Å². The second-order valence-electron chi connectivity index (χ2n) is 5.98. The van der Waals surface area contributed by atoms with Gasteiger partial charge in [-0.05, 0) is 24.3 Å². The summed E-state index contributed by atoms with van der Waals surface area (Å²) in [5.41, 5.74) is 1.33. The zero-order valence-electron chi connectivity index (χ0n) is 13.9. The van der Waals surface area contributed by atoms with Gasteiger partial charge in [-0.2, -0.15) is 0 Å². The molecule has 1 aliphatic heterocycles. The lowest BCUT2D eigenvalue weighted by Gasteiger charge is -2.33. The molecule has 1 aromatic carbocycles.